The lowest BCUT2D eigenvalue weighted by atomic mass is 9.80. The van der Waals surface area contributed by atoms with Gasteiger partial charge in [0.1, 0.15) is 5.82 Å². The highest BCUT2D eigenvalue weighted by molar-refractivity contribution is 6.31. The standard InChI is InChI=1S/C25H22Cl2F3N5O3/c1-14-31-9-15(10-32-14)22(36)8-24(4-5-38-13-24)23(37)34-12-21-19(27)7-17(11-33-21)35-20-3-2-16(26)6-18(20)25(28,29)30/h2-3,6-7,9-11,35H,4-5,8,12-13H2,1H3,(H,34,37)/t24-/m0/s1. The van der Waals surface area contributed by atoms with Gasteiger partial charge in [0.05, 0.1) is 58.0 Å². The van der Waals surface area contributed by atoms with Gasteiger partial charge >= 0.3 is 6.18 Å². The third-order valence-electron chi connectivity index (χ3n) is 6.09. The summed E-state index contributed by atoms with van der Waals surface area (Å²) in [5.41, 5.74) is -1.41. The Morgan fingerprint density at radius 1 is 1.11 bits per heavy atom. The zero-order valence-corrected chi connectivity index (χ0v) is 21.5. The number of anilines is 2. The first kappa shape index (κ1) is 27.7. The molecule has 13 heteroatoms. The molecule has 0 saturated carbocycles. The van der Waals surface area contributed by atoms with Crippen LogP contribution in [0.4, 0.5) is 24.5 Å². The molecule has 1 saturated heterocycles. The Morgan fingerprint density at radius 2 is 1.84 bits per heavy atom. The normalized spacial score (nSPS) is 17.3. The van der Waals surface area contributed by atoms with Crippen molar-refractivity contribution >= 4 is 46.3 Å². The predicted molar refractivity (Wildman–Crippen MR) is 134 cm³/mol. The minimum absolute atomic E-state index is 0.0514. The van der Waals surface area contributed by atoms with E-state index in [4.69, 9.17) is 27.9 Å². The molecule has 0 radical (unpaired) electrons. The van der Waals surface area contributed by atoms with Crippen molar-refractivity contribution in [2.75, 3.05) is 18.5 Å². The minimum atomic E-state index is -4.62. The van der Waals surface area contributed by atoms with Crippen molar-refractivity contribution in [3.63, 3.8) is 0 Å². The first-order chi connectivity index (χ1) is 18.0. The predicted octanol–water partition coefficient (Wildman–Crippen LogP) is 5.55. The molecule has 2 aromatic heterocycles. The summed E-state index contributed by atoms with van der Waals surface area (Å²) >= 11 is 12.0. The third kappa shape index (κ3) is 6.40. The fourth-order valence-electron chi connectivity index (χ4n) is 3.98. The van der Waals surface area contributed by atoms with Gasteiger partial charge in [-0.05, 0) is 37.6 Å². The Labute approximate surface area is 225 Å². The molecular formula is C25H22Cl2F3N5O3. The van der Waals surface area contributed by atoms with Crippen molar-refractivity contribution in [1.29, 1.82) is 0 Å². The van der Waals surface area contributed by atoms with Gasteiger partial charge < -0.3 is 15.4 Å². The average molecular weight is 568 g/mol. The number of hydrogen-bond donors (Lipinski definition) is 2. The van der Waals surface area contributed by atoms with Crippen LogP contribution >= 0.6 is 23.2 Å². The second-order valence-electron chi connectivity index (χ2n) is 8.85. The number of ketones is 1. The lowest BCUT2D eigenvalue weighted by Gasteiger charge is -2.25. The van der Waals surface area contributed by atoms with Crippen molar-refractivity contribution in [1.82, 2.24) is 20.3 Å². The number of pyridine rings is 1. The summed E-state index contributed by atoms with van der Waals surface area (Å²) in [6.07, 6.45) is -0.206. The molecule has 3 heterocycles. The molecule has 0 bridgehead atoms. The van der Waals surface area contributed by atoms with Gasteiger partial charge in [-0.2, -0.15) is 13.2 Å². The first-order valence-electron chi connectivity index (χ1n) is 11.4. The summed E-state index contributed by atoms with van der Waals surface area (Å²) in [4.78, 5) is 38.2. The Hall–Kier alpha value is -3.28. The smallest absolute Gasteiger partial charge is 0.380 e. The largest absolute Gasteiger partial charge is 0.418 e. The van der Waals surface area contributed by atoms with Crippen LogP contribution in [0.15, 0.2) is 42.9 Å². The van der Waals surface area contributed by atoms with E-state index in [-0.39, 0.29) is 46.8 Å². The molecule has 0 unspecified atom stereocenters. The van der Waals surface area contributed by atoms with Gasteiger partial charge in [-0.3, -0.25) is 14.6 Å². The van der Waals surface area contributed by atoms with Gasteiger partial charge in [0.25, 0.3) is 0 Å². The Bertz CT molecular complexity index is 1350. The van der Waals surface area contributed by atoms with Crippen LogP contribution < -0.4 is 10.6 Å². The number of amides is 1. The van der Waals surface area contributed by atoms with Gasteiger partial charge in [-0.15, -0.1) is 0 Å². The van der Waals surface area contributed by atoms with E-state index in [1.54, 1.807) is 6.92 Å². The molecule has 200 valence electrons. The number of hydrogen-bond acceptors (Lipinski definition) is 7. The van der Waals surface area contributed by atoms with Crippen LogP contribution in [-0.2, 0) is 22.3 Å². The number of nitrogens with one attached hydrogen (secondary N) is 2. The molecule has 1 fully saturated rings. The topological polar surface area (TPSA) is 106 Å². The first-order valence-corrected chi connectivity index (χ1v) is 12.2. The molecule has 38 heavy (non-hydrogen) atoms. The fraction of sp³-hybridized carbons (Fsp3) is 0.320. The number of carbonyl (C=O) groups excluding carboxylic acids is 2. The molecule has 1 aromatic carbocycles. The number of rotatable bonds is 8. The number of alkyl halides is 3. The molecule has 1 atom stereocenters. The molecule has 1 aliphatic rings. The van der Waals surface area contributed by atoms with E-state index in [0.29, 0.717) is 30.1 Å². The van der Waals surface area contributed by atoms with Crippen molar-refractivity contribution in [3.8, 4) is 0 Å². The number of nitrogens with zero attached hydrogens (tertiary/aromatic N) is 3. The molecule has 3 aromatic rings. The van der Waals surface area contributed by atoms with Crippen LogP contribution in [-0.4, -0.2) is 39.9 Å². The van der Waals surface area contributed by atoms with Crippen LogP contribution in [0.25, 0.3) is 0 Å². The summed E-state index contributed by atoms with van der Waals surface area (Å²) in [7, 11) is 0. The fourth-order valence-corrected chi connectivity index (χ4v) is 4.39. The van der Waals surface area contributed by atoms with Crippen LogP contribution in [0.5, 0.6) is 0 Å². The number of benzene rings is 1. The zero-order chi connectivity index (χ0) is 27.5. The van der Waals surface area contributed by atoms with Crippen molar-refractivity contribution < 1.29 is 27.5 Å². The third-order valence-corrected chi connectivity index (χ3v) is 6.65. The Morgan fingerprint density at radius 3 is 2.47 bits per heavy atom. The molecule has 4 rings (SSSR count). The highest BCUT2D eigenvalue weighted by Gasteiger charge is 2.44. The molecule has 1 amide bonds. The van der Waals surface area contributed by atoms with Crippen LogP contribution in [0, 0.1) is 12.3 Å². The molecule has 8 nitrogen and oxygen atoms in total. The van der Waals surface area contributed by atoms with E-state index in [2.05, 4.69) is 25.6 Å². The van der Waals surface area contributed by atoms with Gasteiger partial charge in [0.2, 0.25) is 5.91 Å². The Kier molecular flexibility index (Phi) is 8.19. The van der Waals surface area contributed by atoms with Crippen molar-refractivity contribution in [3.05, 3.63) is 75.5 Å². The SMILES string of the molecule is Cc1ncc(C(=O)C[C@@]2(C(=O)NCc3ncc(Nc4ccc(Cl)cc4C(F)(F)F)cc3Cl)CCOC2)cn1. The number of halogens is 5. The number of aryl methyl sites for hydroxylation is 1. The quantitative estimate of drug-likeness (QED) is 0.344. The zero-order valence-electron chi connectivity index (χ0n) is 20.0. The summed E-state index contributed by atoms with van der Waals surface area (Å²) in [6, 6.07) is 4.76. The maximum atomic E-state index is 13.4. The highest BCUT2D eigenvalue weighted by Crippen LogP contribution is 2.38. The van der Waals surface area contributed by atoms with Crippen molar-refractivity contribution in [2.24, 2.45) is 5.41 Å². The number of ether oxygens (including phenoxy) is 1. The highest BCUT2D eigenvalue weighted by atomic mass is 35.5. The van der Waals surface area contributed by atoms with Crippen LogP contribution in [0.2, 0.25) is 10.0 Å². The van der Waals surface area contributed by atoms with E-state index in [1.165, 1.54) is 36.8 Å². The van der Waals surface area contributed by atoms with Gasteiger partial charge in [0.15, 0.2) is 5.78 Å². The molecule has 0 spiro atoms. The van der Waals surface area contributed by atoms with E-state index in [9.17, 15) is 22.8 Å². The minimum Gasteiger partial charge on any atom is -0.380 e. The number of aromatic nitrogens is 3. The monoisotopic (exact) mass is 567 g/mol. The second kappa shape index (κ2) is 11.2. The molecule has 1 aliphatic heterocycles. The average Bonchev–Trinajstić information content (AvgIpc) is 3.34. The van der Waals surface area contributed by atoms with Crippen LogP contribution in [0.3, 0.4) is 0 Å². The van der Waals surface area contributed by atoms with Crippen LogP contribution in [0.1, 0.15) is 40.3 Å². The summed E-state index contributed by atoms with van der Waals surface area (Å²) in [5, 5.41) is 5.49. The van der Waals surface area contributed by atoms with Gasteiger partial charge in [-0.1, -0.05) is 23.2 Å². The van der Waals surface area contributed by atoms with Gasteiger partial charge in [-0.25, -0.2) is 9.97 Å². The molecule has 0 aliphatic carbocycles. The summed E-state index contributed by atoms with van der Waals surface area (Å²) < 4.78 is 45.6. The number of carbonyl (C=O) groups is 2. The lowest BCUT2D eigenvalue weighted by Crippen LogP contribution is -2.43. The van der Waals surface area contributed by atoms with Gasteiger partial charge in [0, 0.05) is 30.4 Å². The van der Waals surface area contributed by atoms with E-state index in [1.807, 2.05) is 0 Å². The molecule has 2 N–H and O–H groups in total. The van der Waals surface area contributed by atoms with E-state index < -0.39 is 23.1 Å². The lowest BCUT2D eigenvalue weighted by molar-refractivity contribution is -0.137. The van der Waals surface area contributed by atoms with E-state index in [0.717, 1.165) is 6.07 Å². The summed E-state index contributed by atoms with van der Waals surface area (Å²) in [6.45, 7) is 2.04. The second-order valence-corrected chi connectivity index (χ2v) is 9.69. The van der Waals surface area contributed by atoms with Crippen molar-refractivity contribution in [2.45, 2.75) is 32.5 Å². The van der Waals surface area contributed by atoms with E-state index >= 15 is 0 Å². The molecular weight excluding hydrogens is 546 g/mol. The Balaban J connectivity index is 1.44. The number of Topliss-reactive ketones (excluding diaryl/α,β-unsaturated/α-hetero) is 1. The summed E-state index contributed by atoms with van der Waals surface area (Å²) in [5.74, 6) is -0.150. The maximum Gasteiger partial charge on any atom is 0.418 e. The maximum absolute atomic E-state index is 13.4.